The van der Waals surface area contributed by atoms with Crippen LogP contribution < -0.4 is 4.90 Å². The van der Waals surface area contributed by atoms with Crippen molar-refractivity contribution in [2.75, 3.05) is 4.90 Å². The Morgan fingerprint density at radius 2 is 1.02 bits per heavy atom. The van der Waals surface area contributed by atoms with Gasteiger partial charge < -0.3 is 0 Å². The van der Waals surface area contributed by atoms with E-state index in [1.807, 2.05) is 0 Å². The standard InChI is InChI=1S/C39H23N3/c1-2-11-25-24(10-1)20-22-36-38(25)40-39-41(33-18-7-5-14-28(33)29-15-6-8-19-34(29)42(36)39)35-23-21-31-27-13-4-3-12-26(27)30-16-9-17-32(35)37(30)31/h1-23H. The van der Waals surface area contributed by atoms with Gasteiger partial charge in [-0.2, -0.15) is 0 Å². The van der Waals surface area contributed by atoms with Crippen LogP contribution in [0.4, 0.5) is 17.3 Å². The summed E-state index contributed by atoms with van der Waals surface area (Å²) in [5, 5.41) is 4.90. The molecule has 0 spiro atoms. The van der Waals surface area contributed by atoms with Crippen molar-refractivity contribution in [3.05, 3.63) is 140 Å². The van der Waals surface area contributed by atoms with Crippen LogP contribution >= 0.6 is 0 Å². The average molecular weight is 534 g/mol. The highest BCUT2D eigenvalue weighted by molar-refractivity contribution is 6.19. The predicted octanol–water partition coefficient (Wildman–Crippen LogP) is 10.4. The van der Waals surface area contributed by atoms with Crippen LogP contribution in [-0.4, -0.2) is 9.55 Å². The Kier molecular flexibility index (Phi) is 4.18. The lowest BCUT2D eigenvalue weighted by atomic mass is 9.99. The number of aromatic nitrogens is 2. The van der Waals surface area contributed by atoms with Gasteiger partial charge in [-0.05, 0) is 57.3 Å². The summed E-state index contributed by atoms with van der Waals surface area (Å²) >= 11 is 0. The van der Waals surface area contributed by atoms with E-state index in [0.717, 1.165) is 39.4 Å². The largest absolute Gasteiger partial charge is 0.279 e. The normalized spacial score (nSPS) is 12.7. The lowest BCUT2D eigenvalue weighted by Gasteiger charge is -2.26. The van der Waals surface area contributed by atoms with Gasteiger partial charge in [0.2, 0.25) is 5.95 Å². The van der Waals surface area contributed by atoms with Crippen LogP contribution in [0.2, 0.25) is 0 Å². The molecule has 1 aliphatic carbocycles. The van der Waals surface area contributed by atoms with Crippen molar-refractivity contribution >= 4 is 49.9 Å². The first-order valence-corrected chi connectivity index (χ1v) is 14.4. The molecule has 2 aliphatic rings. The minimum absolute atomic E-state index is 0.898. The number of rotatable bonds is 1. The van der Waals surface area contributed by atoms with Crippen molar-refractivity contribution in [1.29, 1.82) is 0 Å². The minimum atomic E-state index is 0.898. The molecule has 0 atom stereocenters. The molecule has 7 aromatic carbocycles. The Morgan fingerprint density at radius 3 is 1.86 bits per heavy atom. The molecule has 194 valence electrons. The fraction of sp³-hybridized carbons (Fsp3) is 0. The number of hydrogen-bond donors (Lipinski definition) is 0. The van der Waals surface area contributed by atoms with Crippen molar-refractivity contribution in [3.63, 3.8) is 0 Å². The summed E-state index contributed by atoms with van der Waals surface area (Å²) in [6.45, 7) is 0. The maximum absolute atomic E-state index is 5.49. The molecule has 0 radical (unpaired) electrons. The van der Waals surface area contributed by atoms with Gasteiger partial charge in [0.1, 0.15) is 0 Å². The molecule has 0 unspecified atom stereocenters. The molecular weight excluding hydrogens is 510 g/mol. The topological polar surface area (TPSA) is 21.1 Å². The average Bonchev–Trinajstić information content (AvgIpc) is 3.56. The number of imidazole rings is 1. The van der Waals surface area contributed by atoms with Crippen LogP contribution in [0.15, 0.2) is 140 Å². The van der Waals surface area contributed by atoms with Crippen LogP contribution in [0, 0.1) is 0 Å². The third kappa shape index (κ3) is 2.72. The van der Waals surface area contributed by atoms with Crippen LogP contribution in [0.3, 0.4) is 0 Å². The zero-order chi connectivity index (χ0) is 27.4. The molecule has 0 saturated heterocycles. The fourth-order valence-electron chi connectivity index (χ4n) is 7.31. The minimum Gasteiger partial charge on any atom is -0.279 e. The molecule has 42 heavy (non-hydrogen) atoms. The second-order valence-corrected chi connectivity index (χ2v) is 11.2. The van der Waals surface area contributed by atoms with Gasteiger partial charge in [0.25, 0.3) is 0 Å². The monoisotopic (exact) mass is 533 g/mol. The second-order valence-electron chi connectivity index (χ2n) is 11.2. The van der Waals surface area contributed by atoms with Gasteiger partial charge in [-0.3, -0.25) is 9.47 Å². The van der Waals surface area contributed by atoms with Crippen LogP contribution in [-0.2, 0) is 0 Å². The van der Waals surface area contributed by atoms with E-state index in [1.165, 1.54) is 49.5 Å². The first-order valence-electron chi connectivity index (χ1n) is 14.4. The Balaban J connectivity index is 1.37. The lowest BCUT2D eigenvalue weighted by molar-refractivity contribution is 1.05. The number of fused-ring (bicyclic) bond motifs is 12. The van der Waals surface area contributed by atoms with Crippen LogP contribution in [0.1, 0.15) is 0 Å². The highest BCUT2D eigenvalue weighted by Crippen LogP contribution is 2.53. The predicted molar refractivity (Wildman–Crippen MR) is 174 cm³/mol. The van der Waals surface area contributed by atoms with E-state index in [4.69, 9.17) is 4.98 Å². The van der Waals surface area contributed by atoms with E-state index in [1.54, 1.807) is 0 Å². The fourth-order valence-corrected chi connectivity index (χ4v) is 7.31. The van der Waals surface area contributed by atoms with Gasteiger partial charge in [-0.1, -0.05) is 115 Å². The second kappa shape index (κ2) is 7.96. The molecule has 0 amide bonds. The maximum atomic E-state index is 5.49. The zero-order valence-electron chi connectivity index (χ0n) is 22.6. The molecule has 1 aliphatic heterocycles. The van der Waals surface area contributed by atoms with Gasteiger partial charge in [0, 0.05) is 21.9 Å². The quantitative estimate of drug-likeness (QED) is 0.209. The Bertz CT molecular complexity index is 2400. The van der Waals surface area contributed by atoms with Crippen LogP contribution in [0.25, 0.3) is 71.6 Å². The van der Waals surface area contributed by atoms with E-state index < -0.39 is 0 Å². The van der Waals surface area contributed by atoms with Crippen LogP contribution in [0.5, 0.6) is 0 Å². The zero-order valence-corrected chi connectivity index (χ0v) is 22.6. The van der Waals surface area contributed by atoms with Gasteiger partial charge in [0.15, 0.2) is 0 Å². The summed E-state index contributed by atoms with van der Waals surface area (Å²) in [6, 6.07) is 50.5. The van der Waals surface area contributed by atoms with Gasteiger partial charge >= 0.3 is 0 Å². The third-order valence-electron chi connectivity index (χ3n) is 9.08. The van der Waals surface area contributed by atoms with E-state index in [0.29, 0.717) is 0 Å². The van der Waals surface area contributed by atoms with Gasteiger partial charge in [-0.25, -0.2) is 4.98 Å². The molecule has 0 saturated carbocycles. The van der Waals surface area contributed by atoms with Gasteiger partial charge in [0.05, 0.1) is 28.1 Å². The number of anilines is 3. The Morgan fingerprint density at radius 1 is 0.405 bits per heavy atom. The number of para-hydroxylation sites is 2. The molecule has 0 fully saturated rings. The summed E-state index contributed by atoms with van der Waals surface area (Å²) in [6.07, 6.45) is 0. The highest BCUT2D eigenvalue weighted by Gasteiger charge is 2.31. The van der Waals surface area contributed by atoms with Gasteiger partial charge in [-0.15, -0.1) is 0 Å². The first-order chi connectivity index (χ1) is 20.9. The summed E-state index contributed by atoms with van der Waals surface area (Å²) in [4.78, 5) is 7.88. The molecule has 10 rings (SSSR count). The lowest BCUT2D eigenvalue weighted by Crippen LogP contribution is -2.14. The van der Waals surface area contributed by atoms with Crippen molar-refractivity contribution in [2.24, 2.45) is 0 Å². The van der Waals surface area contributed by atoms with E-state index in [9.17, 15) is 0 Å². The van der Waals surface area contributed by atoms with Crippen molar-refractivity contribution in [1.82, 2.24) is 9.55 Å². The number of benzene rings is 7. The molecule has 3 nitrogen and oxygen atoms in total. The highest BCUT2D eigenvalue weighted by atomic mass is 15.3. The molecule has 8 aromatic rings. The Labute approximate surface area is 242 Å². The van der Waals surface area contributed by atoms with E-state index >= 15 is 0 Å². The molecule has 1 aromatic heterocycles. The summed E-state index contributed by atoms with van der Waals surface area (Å²) in [5.41, 5.74) is 13.1. The summed E-state index contributed by atoms with van der Waals surface area (Å²) < 4.78 is 2.36. The first kappa shape index (κ1) is 22.1. The molecule has 0 N–H and O–H groups in total. The van der Waals surface area contributed by atoms with Crippen molar-refractivity contribution in [3.8, 4) is 39.1 Å². The SMILES string of the molecule is c1ccc2c(c1)-c1cccc3c(N4c5ccccc5-c5ccccc5-n5c4nc4c6ccccc6ccc45)ccc-2c13. The molecule has 2 heterocycles. The summed E-state index contributed by atoms with van der Waals surface area (Å²) in [5.74, 6) is 0.898. The van der Waals surface area contributed by atoms with Crippen molar-refractivity contribution in [2.45, 2.75) is 0 Å². The molecule has 3 heteroatoms. The summed E-state index contributed by atoms with van der Waals surface area (Å²) in [7, 11) is 0. The van der Waals surface area contributed by atoms with Crippen molar-refractivity contribution < 1.29 is 0 Å². The number of hydrogen-bond acceptors (Lipinski definition) is 2. The molecule has 0 bridgehead atoms. The Hall–Kier alpha value is -5.67. The third-order valence-corrected chi connectivity index (χ3v) is 9.08. The number of nitrogens with zero attached hydrogens (tertiary/aromatic N) is 3. The smallest absolute Gasteiger partial charge is 0.220 e. The maximum Gasteiger partial charge on any atom is 0.220 e. The van der Waals surface area contributed by atoms with E-state index in [-0.39, 0.29) is 0 Å². The van der Waals surface area contributed by atoms with E-state index in [2.05, 4.69) is 149 Å². The molecular formula is C39H23N3.